The Morgan fingerprint density at radius 3 is 2.94 bits per heavy atom. The van der Waals surface area contributed by atoms with Gasteiger partial charge in [-0.1, -0.05) is 0 Å². The number of thioether (sulfide) groups is 1. The number of methoxy groups -OCH3 is 1. The SMILES string of the molecule is COCC(C)(Sc1ccncc1N)C(=O)O. The van der Waals surface area contributed by atoms with Gasteiger partial charge in [0, 0.05) is 18.2 Å². The van der Waals surface area contributed by atoms with E-state index in [1.807, 2.05) is 0 Å². The first-order chi connectivity index (χ1) is 7.49. The van der Waals surface area contributed by atoms with Gasteiger partial charge in [0.1, 0.15) is 4.75 Å². The molecule has 0 aliphatic rings. The second-order valence-corrected chi connectivity index (χ2v) is 5.03. The van der Waals surface area contributed by atoms with Gasteiger partial charge in [0.15, 0.2) is 0 Å². The molecule has 0 radical (unpaired) electrons. The predicted octanol–water partition coefficient (Wildman–Crippen LogP) is 1.25. The number of hydrogen-bond acceptors (Lipinski definition) is 5. The van der Waals surface area contributed by atoms with Crippen LogP contribution in [0.3, 0.4) is 0 Å². The van der Waals surface area contributed by atoms with Crippen LogP contribution < -0.4 is 5.73 Å². The van der Waals surface area contributed by atoms with Crippen LogP contribution in [-0.2, 0) is 9.53 Å². The van der Waals surface area contributed by atoms with Gasteiger partial charge in [0.05, 0.1) is 18.5 Å². The van der Waals surface area contributed by atoms with Crippen LogP contribution in [0.25, 0.3) is 0 Å². The van der Waals surface area contributed by atoms with E-state index in [2.05, 4.69) is 4.98 Å². The van der Waals surface area contributed by atoms with Crippen LogP contribution in [0, 0.1) is 0 Å². The minimum absolute atomic E-state index is 0.106. The lowest BCUT2D eigenvalue weighted by molar-refractivity contribution is -0.140. The molecule has 5 nitrogen and oxygen atoms in total. The molecule has 1 rings (SSSR count). The Kier molecular flexibility index (Phi) is 4.14. The molecule has 1 aromatic heterocycles. The first-order valence-corrected chi connectivity index (χ1v) is 5.42. The maximum Gasteiger partial charge on any atom is 0.322 e. The summed E-state index contributed by atoms with van der Waals surface area (Å²) in [4.78, 5) is 15.7. The number of carbonyl (C=O) groups is 1. The molecule has 0 spiro atoms. The summed E-state index contributed by atoms with van der Waals surface area (Å²) in [5.41, 5.74) is 6.18. The third kappa shape index (κ3) is 2.86. The normalized spacial score (nSPS) is 14.4. The predicted molar refractivity (Wildman–Crippen MR) is 62.4 cm³/mol. The Morgan fingerprint density at radius 1 is 1.75 bits per heavy atom. The molecule has 0 saturated heterocycles. The largest absolute Gasteiger partial charge is 0.480 e. The van der Waals surface area contributed by atoms with Crippen LogP contribution in [0.5, 0.6) is 0 Å². The molecule has 0 fully saturated rings. The number of carboxylic acids is 1. The summed E-state index contributed by atoms with van der Waals surface area (Å²) in [5.74, 6) is -0.935. The van der Waals surface area contributed by atoms with E-state index < -0.39 is 10.7 Å². The minimum atomic E-state index is -1.05. The lowest BCUT2D eigenvalue weighted by Crippen LogP contribution is -2.36. The number of ether oxygens (including phenoxy) is 1. The number of rotatable bonds is 5. The molecule has 88 valence electrons. The number of aliphatic carboxylic acids is 1. The van der Waals surface area contributed by atoms with Crippen LogP contribution in [0.15, 0.2) is 23.4 Å². The summed E-state index contributed by atoms with van der Waals surface area (Å²) in [7, 11) is 1.47. The highest BCUT2D eigenvalue weighted by atomic mass is 32.2. The van der Waals surface area contributed by atoms with E-state index in [1.165, 1.54) is 13.3 Å². The van der Waals surface area contributed by atoms with Crippen molar-refractivity contribution in [3.8, 4) is 0 Å². The molecule has 0 aromatic carbocycles. The second-order valence-electron chi connectivity index (χ2n) is 3.48. The highest BCUT2D eigenvalue weighted by Gasteiger charge is 2.35. The van der Waals surface area contributed by atoms with E-state index in [9.17, 15) is 4.79 Å². The van der Waals surface area contributed by atoms with Gasteiger partial charge in [0.2, 0.25) is 0 Å². The minimum Gasteiger partial charge on any atom is -0.480 e. The van der Waals surface area contributed by atoms with Gasteiger partial charge in [-0.15, -0.1) is 11.8 Å². The Labute approximate surface area is 98.0 Å². The van der Waals surface area contributed by atoms with E-state index in [-0.39, 0.29) is 6.61 Å². The van der Waals surface area contributed by atoms with E-state index in [1.54, 1.807) is 19.2 Å². The van der Waals surface area contributed by atoms with E-state index in [0.717, 1.165) is 11.8 Å². The van der Waals surface area contributed by atoms with Crippen LogP contribution in [-0.4, -0.2) is 34.5 Å². The number of pyridine rings is 1. The maximum absolute atomic E-state index is 11.2. The summed E-state index contributed by atoms with van der Waals surface area (Å²) in [5, 5.41) is 9.16. The fraction of sp³-hybridized carbons (Fsp3) is 0.400. The first kappa shape index (κ1) is 12.8. The Bertz CT molecular complexity index is 386. The Morgan fingerprint density at radius 2 is 2.44 bits per heavy atom. The van der Waals surface area contributed by atoms with Gasteiger partial charge in [-0.25, -0.2) is 0 Å². The zero-order valence-corrected chi connectivity index (χ0v) is 9.95. The smallest absolute Gasteiger partial charge is 0.322 e. The number of nitrogens with two attached hydrogens (primary N) is 1. The van der Waals surface area contributed by atoms with Crippen LogP contribution in [0.4, 0.5) is 5.69 Å². The molecule has 0 saturated carbocycles. The molecule has 0 amide bonds. The second kappa shape index (κ2) is 5.18. The zero-order valence-electron chi connectivity index (χ0n) is 9.14. The molecule has 1 unspecified atom stereocenters. The van der Waals surface area contributed by atoms with Crippen molar-refractivity contribution < 1.29 is 14.6 Å². The van der Waals surface area contributed by atoms with Gasteiger partial charge in [-0.3, -0.25) is 9.78 Å². The molecule has 3 N–H and O–H groups in total. The van der Waals surface area contributed by atoms with Crippen molar-refractivity contribution >= 4 is 23.4 Å². The fourth-order valence-electron chi connectivity index (χ4n) is 1.14. The van der Waals surface area contributed by atoms with Crippen molar-refractivity contribution in [3.05, 3.63) is 18.5 Å². The van der Waals surface area contributed by atoms with Gasteiger partial charge in [0.25, 0.3) is 0 Å². The summed E-state index contributed by atoms with van der Waals surface area (Å²) in [6.07, 6.45) is 3.07. The monoisotopic (exact) mass is 242 g/mol. The molecular weight excluding hydrogens is 228 g/mol. The number of hydrogen-bond donors (Lipinski definition) is 2. The maximum atomic E-state index is 11.2. The van der Waals surface area contributed by atoms with Crippen molar-refractivity contribution in [1.29, 1.82) is 0 Å². The molecule has 6 heteroatoms. The average Bonchev–Trinajstić information content (AvgIpc) is 2.21. The van der Waals surface area contributed by atoms with Crippen LogP contribution >= 0.6 is 11.8 Å². The standard InChI is InChI=1S/C10H14N2O3S/c1-10(6-15-2,9(13)14)16-8-3-4-12-5-7(8)11/h3-5H,6,11H2,1-2H3,(H,13,14). The molecule has 1 atom stereocenters. The lowest BCUT2D eigenvalue weighted by atomic mass is 10.2. The molecule has 0 bridgehead atoms. The zero-order chi connectivity index (χ0) is 12.2. The van der Waals surface area contributed by atoms with Crippen LogP contribution in [0.1, 0.15) is 6.92 Å². The number of nitrogens with zero attached hydrogens (tertiary/aromatic N) is 1. The number of nitrogen functional groups attached to an aromatic ring is 1. The third-order valence-corrected chi connectivity index (χ3v) is 3.35. The average molecular weight is 242 g/mol. The third-order valence-electron chi connectivity index (χ3n) is 2.02. The van der Waals surface area contributed by atoms with Crippen molar-refractivity contribution in [1.82, 2.24) is 4.98 Å². The number of aromatic nitrogens is 1. The van der Waals surface area contributed by atoms with E-state index in [4.69, 9.17) is 15.6 Å². The molecular formula is C10H14N2O3S. The number of carboxylic acid groups (broad SMARTS) is 1. The fourth-order valence-corrected chi connectivity index (χ4v) is 2.19. The highest BCUT2D eigenvalue weighted by Crippen LogP contribution is 2.36. The summed E-state index contributed by atoms with van der Waals surface area (Å²) in [6, 6.07) is 1.69. The van der Waals surface area contributed by atoms with Crippen molar-refractivity contribution in [3.63, 3.8) is 0 Å². The summed E-state index contributed by atoms with van der Waals surface area (Å²) >= 11 is 1.16. The molecule has 16 heavy (non-hydrogen) atoms. The van der Waals surface area contributed by atoms with Crippen molar-refractivity contribution in [2.24, 2.45) is 0 Å². The Hall–Kier alpha value is -1.27. The summed E-state index contributed by atoms with van der Waals surface area (Å²) < 4.78 is 3.87. The molecule has 1 heterocycles. The molecule has 0 aliphatic heterocycles. The van der Waals surface area contributed by atoms with Crippen molar-refractivity contribution in [2.45, 2.75) is 16.6 Å². The van der Waals surface area contributed by atoms with Crippen molar-refractivity contribution in [2.75, 3.05) is 19.5 Å². The topological polar surface area (TPSA) is 85.4 Å². The van der Waals surface area contributed by atoms with Gasteiger partial charge >= 0.3 is 5.97 Å². The van der Waals surface area contributed by atoms with Gasteiger partial charge < -0.3 is 15.6 Å². The highest BCUT2D eigenvalue weighted by molar-refractivity contribution is 8.01. The van der Waals surface area contributed by atoms with Gasteiger partial charge in [-0.05, 0) is 13.0 Å². The molecule has 1 aromatic rings. The van der Waals surface area contributed by atoms with E-state index in [0.29, 0.717) is 10.6 Å². The first-order valence-electron chi connectivity index (χ1n) is 4.60. The van der Waals surface area contributed by atoms with E-state index >= 15 is 0 Å². The Balaban J connectivity index is 2.92. The molecule has 0 aliphatic carbocycles. The lowest BCUT2D eigenvalue weighted by Gasteiger charge is -2.23. The van der Waals surface area contributed by atoms with Gasteiger partial charge in [-0.2, -0.15) is 0 Å². The number of anilines is 1. The van der Waals surface area contributed by atoms with Crippen LogP contribution in [0.2, 0.25) is 0 Å². The quantitative estimate of drug-likeness (QED) is 0.756. The summed E-state index contributed by atoms with van der Waals surface area (Å²) in [6.45, 7) is 1.71.